The summed E-state index contributed by atoms with van der Waals surface area (Å²) in [4.78, 5) is 23.1. The lowest BCUT2D eigenvalue weighted by molar-refractivity contribution is -0.160. The minimum absolute atomic E-state index is 0.226. The first kappa shape index (κ1) is 16.6. The van der Waals surface area contributed by atoms with Crippen molar-refractivity contribution in [2.24, 2.45) is 5.92 Å². The van der Waals surface area contributed by atoms with E-state index >= 15 is 0 Å². The summed E-state index contributed by atoms with van der Waals surface area (Å²) >= 11 is 0. The average Bonchev–Trinajstić information content (AvgIpc) is 2.20. The molecule has 0 spiro atoms. The van der Waals surface area contributed by atoms with Crippen LogP contribution in [0.3, 0.4) is 0 Å². The summed E-state index contributed by atoms with van der Waals surface area (Å²) in [6.07, 6.45) is 2.01. The van der Waals surface area contributed by atoms with Crippen LogP contribution < -0.4 is 5.32 Å². The molecule has 0 rings (SSSR count). The van der Waals surface area contributed by atoms with Crippen LogP contribution in [0.4, 0.5) is 0 Å². The number of aliphatic hydroxyl groups is 1. The third-order valence-electron chi connectivity index (χ3n) is 2.19. The summed E-state index contributed by atoms with van der Waals surface area (Å²) in [5, 5.41) is 11.8. The van der Waals surface area contributed by atoms with E-state index in [9.17, 15) is 14.7 Å². The average molecular weight is 257 g/mol. The molecule has 5 heteroatoms. The van der Waals surface area contributed by atoms with Gasteiger partial charge in [0.25, 0.3) is 0 Å². The van der Waals surface area contributed by atoms with E-state index in [1.165, 1.54) is 6.92 Å². The van der Waals surface area contributed by atoms with Crippen LogP contribution in [0.2, 0.25) is 0 Å². The zero-order chi connectivity index (χ0) is 14.3. The molecule has 0 aromatic heterocycles. The van der Waals surface area contributed by atoms with E-state index in [-0.39, 0.29) is 12.5 Å². The van der Waals surface area contributed by atoms with Gasteiger partial charge < -0.3 is 15.2 Å². The van der Waals surface area contributed by atoms with Crippen molar-refractivity contribution in [2.45, 2.75) is 45.8 Å². The number of esters is 1. The van der Waals surface area contributed by atoms with Gasteiger partial charge in [0, 0.05) is 19.4 Å². The molecule has 0 radical (unpaired) electrons. The first-order valence-corrected chi connectivity index (χ1v) is 5.93. The van der Waals surface area contributed by atoms with Crippen LogP contribution in [0.5, 0.6) is 0 Å². The number of rotatable bonds is 6. The smallest absolute Gasteiger partial charge is 0.329 e. The summed E-state index contributed by atoms with van der Waals surface area (Å²) in [7, 11) is 0. The minimum Gasteiger partial charge on any atom is -0.458 e. The molecule has 0 saturated heterocycles. The van der Waals surface area contributed by atoms with Gasteiger partial charge in [0.15, 0.2) is 0 Å². The molecule has 0 aliphatic carbocycles. The molecule has 2 N–H and O–H groups in total. The van der Waals surface area contributed by atoms with Crippen molar-refractivity contribution in [1.82, 2.24) is 5.32 Å². The van der Waals surface area contributed by atoms with Gasteiger partial charge in [-0.3, -0.25) is 4.79 Å². The van der Waals surface area contributed by atoms with Gasteiger partial charge in [-0.2, -0.15) is 0 Å². The Bertz CT molecular complexity index is 307. The number of hydrogen-bond donors (Lipinski definition) is 2. The van der Waals surface area contributed by atoms with Crippen LogP contribution in [0.15, 0.2) is 12.7 Å². The lowest BCUT2D eigenvalue weighted by Gasteiger charge is -2.28. The van der Waals surface area contributed by atoms with E-state index in [2.05, 4.69) is 11.9 Å². The second kappa shape index (κ2) is 7.16. The number of nitrogens with one attached hydrogen (secondary N) is 1. The number of carbonyl (C=O) groups is 2. The van der Waals surface area contributed by atoms with Crippen LogP contribution in [-0.4, -0.2) is 35.2 Å². The van der Waals surface area contributed by atoms with E-state index in [4.69, 9.17) is 4.74 Å². The van der Waals surface area contributed by atoms with Crippen LogP contribution in [0.25, 0.3) is 0 Å². The summed E-state index contributed by atoms with van der Waals surface area (Å²) in [5.41, 5.74) is -0.637. The zero-order valence-corrected chi connectivity index (χ0v) is 11.5. The quantitative estimate of drug-likeness (QED) is 0.550. The van der Waals surface area contributed by atoms with Crippen molar-refractivity contribution < 1.29 is 19.4 Å². The standard InChI is InChI=1S/C13H23NO4/c1-6-7-10(8-15)11(14-9(2)16)12(17)18-13(3,4)5/h6,10-11,15H,1,7-8H2,2-5H3,(H,14,16)/t10-,11+/m1/s1. The van der Waals surface area contributed by atoms with Gasteiger partial charge in [0.2, 0.25) is 5.91 Å². The lowest BCUT2D eigenvalue weighted by Crippen LogP contribution is -2.48. The van der Waals surface area contributed by atoms with E-state index in [0.717, 1.165) is 0 Å². The Labute approximate surface area is 108 Å². The van der Waals surface area contributed by atoms with Gasteiger partial charge in [-0.1, -0.05) is 6.08 Å². The number of aliphatic hydroxyl groups excluding tert-OH is 1. The van der Waals surface area contributed by atoms with Crippen LogP contribution in [0.1, 0.15) is 34.1 Å². The van der Waals surface area contributed by atoms with Gasteiger partial charge in [-0.25, -0.2) is 4.79 Å². The van der Waals surface area contributed by atoms with E-state index in [0.29, 0.717) is 6.42 Å². The first-order chi connectivity index (χ1) is 8.21. The maximum atomic E-state index is 12.0. The van der Waals surface area contributed by atoms with Crippen molar-refractivity contribution in [3.8, 4) is 0 Å². The van der Waals surface area contributed by atoms with Crippen LogP contribution in [0, 0.1) is 5.92 Å². The zero-order valence-electron chi connectivity index (χ0n) is 11.5. The Kier molecular flexibility index (Phi) is 6.62. The van der Waals surface area contributed by atoms with Crippen LogP contribution >= 0.6 is 0 Å². The molecule has 0 aromatic rings. The molecule has 1 amide bonds. The Morgan fingerprint density at radius 3 is 2.33 bits per heavy atom. The number of hydrogen-bond acceptors (Lipinski definition) is 4. The van der Waals surface area contributed by atoms with E-state index in [1.807, 2.05) is 0 Å². The summed E-state index contributed by atoms with van der Waals surface area (Å²) in [6, 6.07) is -0.857. The monoisotopic (exact) mass is 257 g/mol. The van der Waals surface area contributed by atoms with Gasteiger partial charge in [0.1, 0.15) is 11.6 Å². The second-order valence-corrected chi connectivity index (χ2v) is 5.18. The Morgan fingerprint density at radius 1 is 1.44 bits per heavy atom. The third kappa shape index (κ3) is 6.39. The SMILES string of the molecule is C=CC[C@H](CO)[C@H](NC(C)=O)C(=O)OC(C)(C)C. The molecule has 18 heavy (non-hydrogen) atoms. The highest BCUT2D eigenvalue weighted by Gasteiger charge is 2.31. The van der Waals surface area contributed by atoms with Gasteiger partial charge in [-0.15, -0.1) is 6.58 Å². The highest BCUT2D eigenvalue weighted by molar-refractivity contribution is 5.83. The van der Waals surface area contributed by atoms with Gasteiger partial charge in [-0.05, 0) is 27.2 Å². The van der Waals surface area contributed by atoms with Crippen LogP contribution in [-0.2, 0) is 14.3 Å². The normalized spacial score (nSPS) is 14.5. The largest absolute Gasteiger partial charge is 0.458 e. The summed E-state index contributed by atoms with van der Waals surface area (Å²) in [5.74, 6) is -1.31. The molecule has 0 aromatic carbocycles. The maximum Gasteiger partial charge on any atom is 0.329 e. The fourth-order valence-electron chi connectivity index (χ4n) is 1.48. The molecular weight excluding hydrogens is 234 g/mol. The van der Waals surface area contributed by atoms with Crippen molar-refractivity contribution in [3.63, 3.8) is 0 Å². The third-order valence-corrected chi connectivity index (χ3v) is 2.19. The van der Waals surface area contributed by atoms with E-state index in [1.54, 1.807) is 26.8 Å². The number of ether oxygens (including phenoxy) is 1. The number of amides is 1. The summed E-state index contributed by atoms with van der Waals surface area (Å²) in [6.45, 7) is 9.90. The van der Waals surface area contributed by atoms with Crippen molar-refractivity contribution in [2.75, 3.05) is 6.61 Å². The van der Waals surface area contributed by atoms with Crippen molar-refractivity contribution >= 4 is 11.9 Å². The molecule has 0 fully saturated rings. The second-order valence-electron chi connectivity index (χ2n) is 5.18. The topological polar surface area (TPSA) is 75.6 Å². The molecule has 0 bridgehead atoms. The molecule has 0 aliphatic heterocycles. The summed E-state index contributed by atoms with van der Waals surface area (Å²) < 4.78 is 5.23. The maximum absolute atomic E-state index is 12.0. The Hall–Kier alpha value is -1.36. The highest BCUT2D eigenvalue weighted by atomic mass is 16.6. The highest BCUT2D eigenvalue weighted by Crippen LogP contribution is 2.15. The molecule has 0 aliphatic rings. The van der Waals surface area contributed by atoms with E-state index < -0.39 is 23.5 Å². The van der Waals surface area contributed by atoms with Crippen molar-refractivity contribution in [1.29, 1.82) is 0 Å². The molecule has 5 nitrogen and oxygen atoms in total. The predicted molar refractivity (Wildman–Crippen MR) is 68.8 cm³/mol. The molecule has 2 atom stereocenters. The number of carbonyl (C=O) groups excluding carboxylic acids is 2. The molecule has 104 valence electrons. The predicted octanol–water partition coefficient (Wildman–Crippen LogP) is 1.02. The Balaban J connectivity index is 4.90. The van der Waals surface area contributed by atoms with Gasteiger partial charge in [0.05, 0.1) is 0 Å². The van der Waals surface area contributed by atoms with Crippen molar-refractivity contribution in [3.05, 3.63) is 12.7 Å². The lowest BCUT2D eigenvalue weighted by atomic mass is 9.96. The minimum atomic E-state index is -0.857. The fraction of sp³-hybridized carbons (Fsp3) is 0.692. The Morgan fingerprint density at radius 2 is 2.00 bits per heavy atom. The first-order valence-electron chi connectivity index (χ1n) is 5.93. The number of allylic oxidation sites excluding steroid dienone is 1. The van der Waals surface area contributed by atoms with Gasteiger partial charge >= 0.3 is 5.97 Å². The fourth-order valence-corrected chi connectivity index (χ4v) is 1.48. The molecule has 0 unspecified atom stereocenters. The molecule has 0 heterocycles. The molecule has 0 saturated carbocycles. The molecular formula is C13H23NO4.